The molecule has 0 N–H and O–H groups in total. The van der Waals surface area contributed by atoms with E-state index < -0.39 is 0 Å². The number of nitrogens with zero attached hydrogens (tertiary/aromatic N) is 1. The maximum absolute atomic E-state index is 11.6. The third kappa shape index (κ3) is 2.02. The molecule has 3 nitrogen and oxygen atoms in total. The summed E-state index contributed by atoms with van der Waals surface area (Å²) in [6.45, 7) is 0.461. The summed E-state index contributed by atoms with van der Waals surface area (Å²) in [6.07, 6.45) is 1.14. The molecule has 0 radical (unpaired) electrons. The zero-order chi connectivity index (χ0) is 10.8. The summed E-state index contributed by atoms with van der Waals surface area (Å²) in [5.74, 6) is -0.203. The molecule has 1 fully saturated rings. The number of aldehydes is 1. The molecular weight excluding hydrogens is 214 g/mol. The first-order chi connectivity index (χ1) is 7.20. The van der Waals surface area contributed by atoms with Gasteiger partial charge in [-0.2, -0.15) is 0 Å². The Morgan fingerprint density at radius 3 is 2.87 bits per heavy atom. The molecule has 15 heavy (non-hydrogen) atoms. The van der Waals surface area contributed by atoms with Crippen LogP contribution in [0.1, 0.15) is 6.42 Å². The van der Waals surface area contributed by atoms with Gasteiger partial charge in [0.25, 0.3) is 0 Å². The van der Waals surface area contributed by atoms with E-state index in [4.69, 9.17) is 11.6 Å². The van der Waals surface area contributed by atoms with E-state index in [0.717, 1.165) is 12.0 Å². The van der Waals surface area contributed by atoms with Crippen molar-refractivity contribution in [1.82, 2.24) is 0 Å². The summed E-state index contributed by atoms with van der Waals surface area (Å²) in [4.78, 5) is 23.8. The highest BCUT2D eigenvalue weighted by atomic mass is 35.5. The number of hydrogen-bond donors (Lipinski definition) is 0. The van der Waals surface area contributed by atoms with Crippen molar-refractivity contribution in [2.75, 3.05) is 11.4 Å². The van der Waals surface area contributed by atoms with Crippen molar-refractivity contribution in [2.45, 2.75) is 6.42 Å². The summed E-state index contributed by atoms with van der Waals surface area (Å²) in [5.41, 5.74) is 0.761. The fourth-order valence-electron chi connectivity index (χ4n) is 1.72. The van der Waals surface area contributed by atoms with Crippen LogP contribution in [-0.4, -0.2) is 18.7 Å². The van der Waals surface area contributed by atoms with Gasteiger partial charge in [0.2, 0.25) is 5.91 Å². The summed E-state index contributed by atoms with van der Waals surface area (Å²) in [7, 11) is 0. The second-order valence-corrected chi connectivity index (χ2v) is 4.02. The van der Waals surface area contributed by atoms with Gasteiger partial charge in [-0.15, -0.1) is 0 Å². The Balaban J connectivity index is 2.25. The van der Waals surface area contributed by atoms with Crippen molar-refractivity contribution in [3.05, 3.63) is 29.3 Å². The molecule has 1 aliphatic rings. The van der Waals surface area contributed by atoms with Crippen LogP contribution >= 0.6 is 11.6 Å². The third-order valence-electron chi connectivity index (χ3n) is 2.47. The molecule has 1 aromatic carbocycles. The fraction of sp³-hybridized carbons (Fsp3) is 0.273. The Morgan fingerprint density at radius 2 is 2.27 bits per heavy atom. The van der Waals surface area contributed by atoms with E-state index in [0.29, 0.717) is 18.0 Å². The average Bonchev–Trinajstić information content (AvgIpc) is 2.60. The van der Waals surface area contributed by atoms with Gasteiger partial charge in [0.15, 0.2) is 0 Å². The Hall–Kier alpha value is -1.35. The van der Waals surface area contributed by atoms with Gasteiger partial charge in [-0.1, -0.05) is 17.7 Å². The van der Waals surface area contributed by atoms with E-state index in [1.54, 1.807) is 23.1 Å². The van der Waals surface area contributed by atoms with Gasteiger partial charge < -0.3 is 9.69 Å². The number of benzene rings is 1. The first-order valence-corrected chi connectivity index (χ1v) is 5.09. The average molecular weight is 224 g/mol. The zero-order valence-corrected chi connectivity index (χ0v) is 8.78. The van der Waals surface area contributed by atoms with E-state index >= 15 is 0 Å². The zero-order valence-electron chi connectivity index (χ0n) is 8.02. The van der Waals surface area contributed by atoms with Crippen molar-refractivity contribution >= 4 is 29.5 Å². The van der Waals surface area contributed by atoms with Crippen molar-refractivity contribution in [1.29, 1.82) is 0 Å². The molecule has 1 saturated heterocycles. The second-order valence-electron chi connectivity index (χ2n) is 3.58. The van der Waals surface area contributed by atoms with Gasteiger partial charge in [-0.3, -0.25) is 4.79 Å². The second kappa shape index (κ2) is 4.03. The molecule has 0 aromatic heterocycles. The van der Waals surface area contributed by atoms with Gasteiger partial charge in [0.1, 0.15) is 6.29 Å². The Bertz CT molecular complexity index is 405. The van der Waals surface area contributed by atoms with Crippen LogP contribution in [0.15, 0.2) is 24.3 Å². The van der Waals surface area contributed by atoms with Crippen LogP contribution in [0.3, 0.4) is 0 Å². The number of rotatable bonds is 2. The van der Waals surface area contributed by atoms with E-state index in [-0.39, 0.29) is 11.8 Å². The summed E-state index contributed by atoms with van der Waals surface area (Å²) in [5, 5.41) is 0.592. The summed E-state index contributed by atoms with van der Waals surface area (Å²) in [6, 6.07) is 7.09. The lowest BCUT2D eigenvalue weighted by atomic mass is 10.1. The molecule has 2 rings (SSSR count). The largest absolute Gasteiger partial charge is 0.312 e. The third-order valence-corrected chi connectivity index (χ3v) is 2.70. The molecule has 4 heteroatoms. The van der Waals surface area contributed by atoms with Crippen LogP contribution in [0, 0.1) is 5.92 Å². The van der Waals surface area contributed by atoms with Crippen LogP contribution in [0.2, 0.25) is 5.02 Å². The molecule has 1 heterocycles. The maximum atomic E-state index is 11.6. The van der Waals surface area contributed by atoms with Crippen molar-refractivity contribution < 1.29 is 9.59 Å². The van der Waals surface area contributed by atoms with Gasteiger partial charge in [-0.25, -0.2) is 0 Å². The summed E-state index contributed by atoms with van der Waals surface area (Å²) >= 11 is 5.83. The highest BCUT2D eigenvalue weighted by Crippen LogP contribution is 2.26. The van der Waals surface area contributed by atoms with E-state index in [1.807, 2.05) is 6.07 Å². The first kappa shape index (κ1) is 10.2. The molecule has 1 atom stereocenters. The van der Waals surface area contributed by atoms with Gasteiger partial charge >= 0.3 is 0 Å². The van der Waals surface area contributed by atoms with Crippen LogP contribution in [-0.2, 0) is 9.59 Å². The Labute approximate surface area is 92.6 Å². The predicted molar refractivity (Wildman–Crippen MR) is 58.0 cm³/mol. The van der Waals surface area contributed by atoms with Crippen LogP contribution in [0.5, 0.6) is 0 Å². The first-order valence-electron chi connectivity index (χ1n) is 4.72. The normalized spacial score (nSPS) is 20.7. The molecule has 1 aromatic rings. The van der Waals surface area contributed by atoms with Gasteiger partial charge in [-0.05, 0) is 18.2 Å². The van der Waals surface area contributed by atoms with Crippen LogP contribution < -0.4 is 4.90 Å². The molecule has 1 amide bonds. The fourth-order valence-corrected chi connectivity index (χ4v) is 1.90. The molecular formula is C11H10ClNO2. The molecule has 78 valence electrons. The minimum atomic E-state index is -0.184. The SMILES string of the molecule is O=CC1CC(=O)N(c2cccc(Cl)c2)C1. The van der Waals surface area contributed by atoms with Crippen molar-refractivity contribution in [3.63, 3.8) is 0 Å². The summed E-state index contributed by atoms with van der Waals surface area (Å²) < 4.78 is 0. The Morgan fingerprint density at radius 1 is 1.47 bits per heavy atom. The molecule has 0 aliphatic carbocycles. The van der Waals surface area contributed by atoms with E-state index in [2.05, 4.69) is 0 Å². The Kier molecular flexibility index (Phi) is 2.73. The number of hydrogen-bond acceptors (Lipinski definition) is 2. The highest BCUT2D eigenvalue weighted by Gasteiger charge is 2.30. The quantitative estimate of drug-likeness (QED) is 0.718. The van der Waals surface area contributed by atoms with Crippen LogP contribution in [0.25, 0.3) is 0 Å². The number of carbonyl (C=O) groups excluding carboxylic acids is 2. The lowest BCUT2D eigenvalue weighted by molar-refractivity contribution is -0.119. The monoisotopic (exact) mass is 223 g/mol. The van der Waals surface area contributed by atoms with Crippen LogP contribution in [0.4, 0.5) is 5.69 Å². The molecule has 1 aliphatic heterocycles. The lowest BCUT2D eigenvalue weighted by Crippen LogP contribution is -2.24. The van der Waals surface area contributed by atoms with Crippen molar-refractivity contribution in [2.24, 2.45) is 5.92 Å². The smallest absolute Gasteiger partial charge is 0.227 e. The van der Waals surface area contributed by atoms with Crippen molar-refractivity contribution in [3.8, 4) is 0 Å². The maximum Gasteiger partial charge on any atom is 0.227 e. The molecule has 0 saturated carbocycles. The number of carbonyl (C=O) groups is 2. The number of halogens is 1. The predicted octanol–water partition coefficient (Wildman–Crippen LogP) is 1.89. The highest BCUT2D eigenvalue weighted by molar-refractivity contribution is 6.30. The van der Waals surface area contributed by atoms with Gasteiger partial charge in [0, 0.05) is 29.6 Å². The lowest BCUT2D eigenvalue weighted by Gasteiger charge is -2.15. The minimum absolute atomic E-state index is 0.0191. The van der Waals surface area contributed by atoms with E-state index in [9.17, 15) is 9.59 Å². The number of amides is 1. The van der Waals surface area contributed by atoms with E-state index in [1.165, 1.54) is 0 Å². The van der Waals surface area contributed by atoms with Gasteiger partial charge in [0.05, 0.1) is 0 Å². The topological polar surface area (TPSA) is 37.4 Å². The molecule has 1 unspecified atom stereocenters. The molecule has 0 spiro atoms. The number of anilines is 1. The standard InChI is InChI=1S/C11H10ClNO2/c12-9-2-1-3-10(5-9)13-6-8(7-14)4-11(13)15/h1-3,5,7-8H,4,6H2. The molecule has 0 bridgehead atoms. The minimum Gasteiger partial charge on any atom is -0.312 e.